The number of methoxy groups -OCH3 is 1. The van der Waals surface area contributed by atoms with Crippen LogP contribution in [-0.2, 0) is 11.2 Å². The van der Waals surface area contributed by atoms with E-state index in [1.54, 1.807) is 18.2 Å². The molecule has 0 aliphatic carbocycles. The highest BCUT2D eigenvalue weighted by Gasteiger charge is 2.25. The second-order valence-corrected chi connectivity index (χ2v) is 6.26. The molecule has 0 N–H and O–H groups in total. The van der Waals surface area contributed by atoms with E-state index in [2.05, 4.69) is 6.07 Å². The Hall–Kier alpha value is -3.14. The van der Waals surface area contributed by atoms with E-state index in [1.165, 1.54) is 19.2 Å². The molecule has 0 radical (unpaired) electrons. The van der Waals surface area contributed by atoms with Gasteiger partial charge in [-0.3, -0.25) is 0 Å². The molecular formula is C22H17FO3. The average molecular weight is 348 g/mol. The monoisotopic (exact) mass is 348 g/mol. The van der Waals surface area contributed by atoms with Crippen molar-refractivity contribution in [1.82, 2.24) is 0 Å². The molecule has 0 saturated heterocycles. The second-order valence-electron chi connectivity index (χ2n) is 6.26. The van der Waals surface area contributed by atoms with E-state index in [-0.39, 0.29) is 17.9 Å². The van der Waals surface area contributed by atoms with Crippen molar-refractivity contribution in [2.24, 2.45) is 0 Å². The predicted octanol–water partition coefficient (Wildman–Crippen LogP) is 4.96. The van der Waals surface area contributed by atoms with Crippen molar-refractivity contribution in [2.45, 2.75) is 12.5 Å². The molecule has 3 aromatic rings. The van der Waals surface area contributed by atoms with Gasteiger partial charge < -0.3 is 9.47 Å². The van der Waals surface area contributed by atoms with E-state index in [0.29, 0.717) is 5.56 Å². The average Bonchev–Trinajstić information content (AvgIpc) is 3.11. The summed E-state index contributed by atoms with van der Waals surface area (Å²) in [5.41, 5.74) is 4.53. The molecule has 0 saturated carbocycles. The van der Waals surface area contributed by atoms with Crippen LogP contribution < -0.4 is 4.74 Å². The molecule has 0 amide bonds. The summed E-state index contributed by atoms with van der Waals surface area (Å²) in [6.07, 6.45) is 0.577. The molecule has 0 fully saturated rings. The van der Waals surface area contributed by atoms with Gasteiger partial charge in [0, 0.05) is 6.42 Å². The second kappa shape index (κ2) is 6.64. The van der Waals surface area contributed by atoms with Gasteiger partial charge in [0.1, 0.15) is 17.7 Å². The van der Waals surface area contributed by atoms with Crippen LogP contribution in [0.4, 0.5) is 4.39 Å². The Morgan fingerprint density at radius 2 is 1.81 bits per heavy atom. The van der Waals surface area contributed by atoms with E-state index in [1.807, 2.05) is 30.3 Å². The van der Waals surface area contributed by atoms with Crippen LogP contribution in [-0.4, -0.2) is 13.1 Å². The van der Waals surface area contributed by atoms with E-state index in [0.717, 1.165) is 34.4 Å². The number of hydrogen-bond acceptors (Lipinski definition) is 3. The Balaban J connectivity index is 1.60. The summed E-state index contributed by atoms with van der Waals surface area (Å²) in [5.74, 6) is 0.231. The first-order valence-corrected chi connectivity index (χ1v) is 8.38. The number of hydrogen-bond donors (Lipinski definition) is 0. The zero-order chi connectivity index (χ0) is 18.1. The van der Waals surface area contributed by atoms with Crippen molar-refractivity contribution in [2.75, 3.05) is 7.11 Å². The maximum atomic E-state index is 13.1. The lowest BCUT2D eigenvalue weighted by Crippen LogP contribution is -2.06. The van der Waals surface area contributed by atoms with Crippen molar-refractivity contribution >= 4 is 5.97 Å². The zero-order valence-corrected chi connectivity index (χ0v) is 14.2. The first kappa shape index (κ1) is 16.3. The number of benzene rings is 3. The molecular weight excluding hydrogens is 331 g/mol. The third-order valence-corrected chi connectivity index (χ3v) is 4.59. The highest BCUT2D eigenvalue weighted by Crippen LogP contribution is 2.39. The SMILES string of the molecule is COC(=O)c1cccc(C2Cc3cc(-c4ccc(F)cc4)ccc3O2)c1. The van der Waals surface area contributed by atoms with Crippen LogP contribution in [0.15, 0.2) is 66.7 Å². The van der Waals surface area contributed by atoms with Crippen LogP contribution in [0.1, 0.15) is 27.6 Å². The maximum Gasteiger partial charge on any atom is 0.337 e. The fourth-order valence-electron chi connectivity index (χ4n) is 3.24. The van der Waals surface area contributed by atoms with Gasteiger partial charge in [0.2, 0.25) is 0 Å². The molecule has 1 atom stereocenters. The van der Waals surface area contributed by atoms with Crippen molar-refractivity contribution in [3.05, 3.63) is 89.2 Å². The molecule has 1 unspecified atom stereocenters. The Morgan fingerprint density at radius 3 is 2.58 bits per heavy atom. The normalized spacial score (nSPS) is 15.2. The number of rotatable bonds is 3. The molecule has 3 aromatic carbocycles. The number of ether oxygens (including phenoxy) is 2. The number of fused-ring (bicyclic) bond motifs is 1. The van der Waals surface area contributed by atoms with E-state index in [9.17, 15) is 9.18 Å². The molecule has 1 heterocycles. The Labute approximate surface area is 151 Å². The minimum absolute atomic E-state index is 0.141. The van der Waals surface area contributed by atoms with Crippen LogP contribution in [0, 0.1) is 5.82 Å². The summed E-state index contributed by atoms with van der Waals surface area (Å²) in [6, 6.07) is 19.8. The Kier molecular flexibility index (Phi) is 4.17. The lowest BCUT2D eigenvalue weighted by atomic mass is 9.98. The number of halogens is 1. The lowest BCUT2D eigenvalue weighted by molar-refractivity contribution is 0.0600. The fraction of sp³-hybridized carbons (Fsp3) is 0.136. The third kappa shape index (κ3) is 3.06. The van der Waals surface area contributed by atoms with Gasteiger partial charge in [0.05, 0.1) is 12.7 Å². The quantitative estimate of drug-likeness (QED) is 0.628. The number of carbonyl (C=O) groups excluding carboxylic acids is 1. The number of carbonyl (C=O) groups is 1. The first-order valence-electron chi connectivity index (χ1n) is 8.38. The third-order valence-electron chi connectivity index (χ3n) is 4.59. The van der Waals surface area contributed by atoms with Crippen LogP contribution in [0.2, 0.25) is 0 Å². The maximum absolute atomic E-state index is 13.1. The summed E-state index contributed by atoms with van der Waals surface area (Å²) in [4.78, 5) is 11.7. The summed E-state index contributed by atoms with van der Waals surface area (Å²) in [6.45, 7) is 0. The molecule has 130 valence electrons. The summed E-state index contributed by atoms with van der Waals surface area (Å²) in [7, 11) is 1.37. The smallest absolute Gasteiger partial charge is 0.337 e. The van der Waals surface area contributed by atoms with Crippen LogP contribution in [0.5, 0.6) is 5.75 Å². The molecule has 0 spiro atoms. The molecule has 4 rings (SSSR count). The Morgan fingerprint density at radius 1 is 1.04 bits per heavy atom. The molecule has 0 aromatic heterocycles. The Bertz CT molecular complexity index is 963. The van der Waals surface area contributed by atoms with Crippen LogP contribution in [0.3, 0.4) is 0 Å². The molecule has 26 heavy (non-hydrogen) atoms. The van der Waals surface area contributed by atoms with Gasteiger partial charge in [-0.25, -0.2) is 9.18 Å². The van der Waals surface area contributed by atoms with E-state index >= 15 is 0 Å². The fourth-order valence-corrected chi connectivity index (χ4v) is 3.24. The lowest BCUT2D eigenvalue weighted by Gasteiger charge is -2.12. The molecule has 1 aliphatic heterocycles. The molecule has 3 nitrogen and oxygen atoms in total. The highest BCUT2D eigenvalue weighted by atomic mass is 19.1. The minimum Gasteiger partial charge on any atom is -0.485 e. The number of esters is 1. The van der Waals surface area contributed by atoms with Gasteiger partial charge in [0.15, 0.2) is 0 Å². The van der Waals surface area contributed by atoms with Gasteiger partial charge in [0.25, 0.3) is 0 Å². The summed E-state index contributed by atoms with van der Waals surface area (Å²) < 4.78 is 24.0. The molecule has 1 aliphatic rings. The largest absolute Gasteiger partial charge is 0.485 e. The van der Waals surface area contributed by atoms with Gasteiger partial charge >= 0.3 is 5.97 Å². The van der Waals surface area contributed by atoms with Crippen LogP contribution in [0.25, 0.3) is 11.1 Å². The highest BCUT2D eigenvalue weighted by molar-refractivity contribution is 5.89. The molecule has 4 heteroatoms. The van der Waals surface area contributed by atoms with Gasteiger partial charge in [-0.2, -0.15) is 0 Å². The van der Waals surface area contributed by atoms with Crippen molar-refractivity contribution in [3.63, 3.8) is 0 Å². The summed E-state index contributed by atoms with van der Waals surface area (Å²) in [5, 5.41) is 0. The zero-order valence-electron chi connectivity index (χ0n) is 14.2. The van der Waals surface area contributed by atoms with Gasteiger partial charge in [-0.05, 0) is 58.7 Å². The van der Waals surface area contributed by atoms with Gasteiger partial charge in [-0.1, -0.05) is 30.3 Å². The van der Waals surface area contributed by atoms with Crippen LogP contribution >= 0.6 is 0 Å². The topological polar surface area (TPSA) is 35.5 Å². The minimum atomic E-state index is -0.360. The first-order chi connectivity index (χ1) is 12.6. The van der Waals surface area contributed by atoms with E-state index < -0.39 is 0 Å². The standard InChI is InChI=1S/C22H17FO3/c1-25-22(24)17-4-2-3-16(12-17)21-13-18-11-15(7-10-20(18)26-21)14-5-8-19(23)9-6-14/h2-12,21H,13H2,1H3. The van der Waals surface area contributed by atoms with E-state index in [4.69, 9.17) is 9.47 Å². The van der Waals surface area contributed by atoms with Crippen molar-refractivity contribution in [3.8, 4) is 16.9 Å². The molecule has 0 bridgehead atoms. The van der Waals surface area contributed by atoms with Crippen molar-refractivity contribution < 1.29 is 18.7 Å². The summed E-state index contributed by atoms with van der Waals surface area (Å²) >= 11 is 0. The van der Waals surface area contributed by atoms with Gasteiger partial charge in [-0.15, -0.1) is 0 Å². The predicted molar refractivity (Wildman–Crippen MR) is 96.7 cm³/mol. The van der Waals surface area contributed by atoms with Crippen molar-refractivity contribution in [1.29, 1.82) is 0 Å².